The van der Waals surface area contributed by atoms with Gasteiger partial charge in [-0.3, -0.25) is 0 Å². The predicted molar refractivity (Wildman–Crippen MR) is 74.4 cm³/mol. The number of anilines is 1. The topological polar surface area (TPSA) is 54.7 Å². The van der Waals surface area contributed by atoms with Crippen LogP contribution in [0, 0.1) is 11.3 Å². The molecular weight excluding hydrogens is 242 g/mol. The van der Waals surface area contributed by atoms with Crippen LogP contribution in [0.25, 0.3) is 0 Å². The molecule has 0 saturated carbocycles. The molecule has 0 unspecified atom stereocenters. The highest BCUT2D eigenvalue weighted by molar-refractivity contribution is 7.99. The van der Waals surface area contributed by atoms with Crippen LogP contribution in [-0.4, -0.2) is 4.57 Å². The van der Waals surface area contributed by atoms with Crippen LogP contribution in [0.3, 0.4) is 0 Å². The first-order chi connectivity index (χ1) is 8.76. The average molecular weight is 257 g/mol. The highest BCUT2D eigenvalue weighted by Gasteiger charge is 2.13. The van der Waals surface area contributed by atoms with Crippen LogP contribution in [0.5, 0.6) is 0 Å². The third kappa shape index (κ3) is 2.52. The van der Waals surface area contributed by atoms with Crippen LogP contribution in [0.15, 0.2) is 46.3 Å². The number of nitrogen functional groups attached to an aromatic ring is 1. The van der Waals surface area contributed by atoms with Gasteiger partial charge < -0.3 is 10.3 Å². The van der Waals surface area contributed by atoms with Gasteiger partial charge >= 0.3 is 0 Å². The maximum absolute atomic E-state index is 9.11. The molecule has 0 amide bonds. The monoisotopic (exact) mass is 257 g/mol. The van der Waals surface area contributed by atoms with Crippen molar-refractivity contribution in [2.24, 2.45) is 0 Å². The van der Waals surface area contributed by atoms with Gasteiger partial charge in [0.1, 0.15) is 16.8 Å². The van der Waals surface area contributed by atoms with Gasteiger partial charge in [0.2, 0.25) is 0 Å². The fraction of sp³-hybridized carbons (Fsp3) is 0.214. The van der Waals surface area contributed by atoms with E-state index < -0.39 is 0 Å². The van der Waals surface area contributed by atoms with E-state index in [0.29, 0.717) is 11.4 Å². The molecule has 0 aliphatic rings. The number of hydrogen-bond donors (Lipinski definition) is 1. The van der Waals surface area contributed by atoms with Crippen molar-refractivity contribution in [1.29, 1.82) is 5.26 Å². The predicted octanol–water partition coefficient (Wildman–Crippen LogP) is 3.50. The van der Waals surface area contributed by atoms with Gasteiger partial charge in [0.25, 0.3) is 0 Å². The van der Waals surface area contributed by atoms with E-state index in [1.54, 1.807) is 17.8 Å². The first-order valence-electron chi connectivity index (χ1n) is 5.88. The number of benzene rings is 1. The number of nitrogens with zero attached hydrogens (tertiary/aromatic N) is 2. The molecule has 0 aliphatic heterocycles. The lowest BCUT2D eigenvalue weighted by Gasteiger charge is -2.09. The van der Waals surface area contributed by atoms with Gasteiger partial charge in [-0.2, -0.15) is 5.26 Å². The molecule has 0 saturated heterocycles. The summed E-state index contributed by atoms with van der Waals surface area (Å²) in [6.45, 7) is 2.91. The van der Waals surface area contributed by atoms with E-state index in [0.717, 1.165) is 22.9 Å². The van der Waals surface area contributed by atoms with E-state index in [1.165, 1.54) is 0 Å². The van der Waals surface area contributed by atoms with Gasteiger partial charge in [0.05, 0.1) is 5.69 Å². The van der Waals surface area contributed by atoms with Crippen LogP contribution < -0.4 is 5.73 Å². The van der Waals surface area contributed by atoms with Crippen molar-refractivity contribution in [3.63, 3.8) is 0 Å². The second-order valence-corrected chi connectivity index (χ2v) is 5.03. The van der Waals surface area contributed by atoms with Crippen molar-refractivity contribution in [1.82, 2.24) is 4.57 Å². The zero-order valence-corrected chi connectivity index (χ0v) is 11.1. The van der Waals surface area contributed by atoms with Crippen LogP contribution >= 0.6 is 11.8 Å². The Hall–Kier alpha value is -1.86. The number of nitrogens with two attached hydrogens (primary N) is 1. The molecule has 0 bridgehead atoms. The summed E-state index contributed by atoms with van der Waals surface area (Å²) < 4.78 is 1.99. The molecule has 1 heterocycles. The highest BCUT2D eigenvalue weighted by Crippen LogP contribution is 2.34. The maximum atomic E-state index is 9.11. The van der Waals surface area contributed by atoms with E-state index >= 15 is 0 Å². The van der Waals surface area contributed by atoms with Crippen LogP contribution in [-0.2, 0) is 6.54 Å². The molecular formula is C14H15N3S. The fourth-order valence-electron chi connectivity index (χ4n) is 1.80. The number of hydrogen-bond acceptors (Lipinski definition) is 3. The Morgan fingerprint density at radius 2 is 2.06 bits per heavy atom. The standard InChI is InChI=1S/C14H15N3S/c1-2-8-17-11(10-15)9-13(16)14(17)18-12-6-4-3-5-7-12/h3-7,9H,2,8,16H2,1H3. The van der Waals surface area contributed by atoms with E-state index in [2.05, 4.69) is 13.0 Å². The molecule has 2 N–H and O–H groups in total. The van der Waals surface area contributed by atoms with Gasteiger partial charge in [-0.1, -0.05) is 36.9 Å². The van der Waals surface area contributed by atoms with Gasteiger partial charge in [0.15, 0.2) is 0 Å². The summed E-state index contributed by atoms with van der Waals surface area (Å²) in [5.41, 5.74) is 7.31. The highest BCUT2D eigenvalue weighted by atomic mass is 32.2. The minimum absolute atomic E-state index is 0.632. The Kier molecular flexibility index (Phi) is 3.96. The van der Waals surface area contributed by atoms with Crippen molar-refractivity contribution in [2.75, 3.05) is 5.73 Å². The lowest BCUT2D eigenvalue weighted by Crippen LogP contribution is -2.01. The Morgan fingerprint density at radius 3 is 2.67 bits per heavy atom. The molecule has 1 aromatic carbocycles. The summed E-state index contributed by atoms with van der Waals surface area (Å²) in [5, 5.41) is 10.1. The fourth-order valence-corrected chi connectivity index (χ4v) is 2.80. The lowest BCUT2D eigenvalue weighted by molar-refractivity contribution is 0.630. The number of nitriles is 1. The van der Waals surface area contributed by atoms with Crippen molar-refractivity contribution < 1.29 is 0 Å². The molecule has 3 nitrogen and oxygen atoms in total. The SMILES string of the molecule is CCCn1c(C#N)cc(N)c1Sc1ccccc1. The Labute approximate surface area is 111 Å². The maximum Gasteiger partial charge on any atom is 0.123 e. The third-order valence-electron chi connectivity index (χ3n) is 2.59. The molecule has 4 heteroatoms. The second kappa shape index (κ2) is 5.65. The zero-order valence-electron chi connectivity index (χ0n) is 10.3. The summed E-state index contributed by atoms with van der Waals surface area (Å²) in [4.78, 5) is 1.13. The zero-order chi connectivity index (χ0) is 13.0. The Balaban J connectivity index is 2.38. The summed E-state index contributed by atoms with van der Waals surface area (Å²) >= 11 is 1.60. The summed E-state index contributed by atoms with van der Waals surface area (Å²) in [5.74, 6) is 0. The van der Waals surface area contributed by atoms with Crippen LogP contribution in [0.2, 0.25) is 0 Å². The molecule has 2 aromatic rings. The molecule has 0 radical (unpaired) electrons. The van der Waals surface area contributed by atoms with Gasteiger partial charge in [0, 0.05) is 11.4 Å². The van der Waals surface area contributed by atoms with Crippen LogP contribution in [0.4, 0.5) is 5.69 Å². The minimum atomic E-state index is 0.632. The largest absolute Gasteiger partial charge is 0.397 e. The summed E-state index contributed by atoms with van der Waals surface area (Å²) in [7, 11) is 0. The van der Waals surface area contributed by atoms with E-state index in [9.17, 15) is 0 Å². The van der Waals surface area contributed by atoms with Gasteiger partial charge in [-0.15, -0.1) is 0 Å². The van der Waals surface area contributed by atoms with E-state index in [4.69, 9.17) is 11.0 Å². The second-order valence-electron chi connectivity index (χ2n) is 3.97. The Bertz CT molecular complexity index is 567. The number of aromatic nitrogens is 1. The molecule has 0 aliphatic carbocycles. The van der Waals surface area contributed by atoms with Crippen molar-refractivity contribution in [3.05, 3.63) is 42.1 Å². The molecule has 0 fully saturated rings. The quantitative estimate of drug-likeness (QED) is 0.912. The first kappa shape index (κ1) is 12.6. The molecule has 18 heavy (non-hydrogen) atoms. The minimum Gasteiger partial charge on any atom is -0.397 e. The number of rotatable bonds is 4. The lowest BCUT2D eigenvalue weighted by atomic mass is 10.4. The molecule has 0 atom stereocenters. The van der Waals surface area contributed by atoms with Crippen molar-refractivity contribution in [2.45, 2.75) is 29.8 Å². The average Bonchev–Trinajstić information content (AvgIpc) is 2.69. The summed E-state index contributed by atoms with van der Waals surface area (Å²) in [6, 6.07) is 14.0. The smallest absolute Gasteiger partial charge is 0.123 e. The van der Waals surface area contributed by atoms with Crippen LogP contribution in [0.1, 0.15) is 19.0 Å². The first-order valence-corrected chi connectivity index (χ1v) is 6.70. The molecule has 1 aromatic heterocycles. The van der Waals surface area contributed by atoms with Crippen molar-refractivity contribution >= 4 is 17.4 Å². The summed E-state index contributed by atoms with van der Waals surface area (Å²) in [6.07, 6.45) is 0.977. The van der Waals surface area contributed by atoms with E-state index in [1.807, 2.05) is 34.9 Å². The van der Waals surface area contributed by atoms with Gasteiger partial charge in [-0.25, -0.2) is 0 Å². The molecule has 2 rings (SSSR count). The van der Waals surface area contributed by atoms with Gasteiger partial charge in [-0.05, 0) is 24.6 Å². The molecule has 92 valence electrons. The molecule has 0 spiro atoms. The normalized spacial score (nSPS) is 10.2. The Morgan fingerprint density at radius 1 is 1.33 bits per heavy atom. The van der Waals surface area contributed by atoms with Crippen molar-refractivity contribution in [3.8, 4) is 6.07 Å². The third-order valence-corrected chi connectivity index (χ3v) is 3.75. The van der Waals surface area contributed by atoms with E-state index in [-0.39, 0.29) is 0 Å².